The van der Waals surface area contributed by atoms with Crippen molar-refractivity contribution in [3.8, 4) is 17.0 Å². The third-order valence-electron chi connectivity index (χ3n) is 4.74. The van der Waals surface area contributed by atoms with Gasteiger partial charge in [-0.15, -0.1) is 11.3 Å². The van der Waals surface area contributed by atoms with Crippen LogP contribution in [0.15, 0.2) is 53.9 Å². The molecule has 7 heteroatoms. The van der Waals surface area contributed by atoms with E-state index >= 15 is 0 Å². The number of aromatic nitrogens is 1. The summed E-state index contributed by atoms with van der Waals surface area (Å²) in [6, 6.07) is 15.6. The van der Waals surface area contributed by atoms with Gasteiger partial charge in [0.15, 0.2) is 11.2 Å². The number of rotatable bonds is 8. The molecule has 0 bridgehead atoms. The first-order chi connectivity index (χ1) is 14.8. The molecule has 0 fully saturated rings. The number of hydrogen-bond acceptors (Lipinski definition) is 5. The predicted octanol–water partition coefficient (Wildman–Crippen LogP) is 4.98. The predicted molar refractivity (Wildman–Crippen MR) is 124 cm³/mol. The number of ether oxygens (including phenoxy) is 1. The van der Waals surface area contributed by atoms with E-state index in [2.05, 4.69) is 29.5 Å². The summed E-state index contributed by atoms with van der Waals surface area (Å²) >= 11 is 1.37. The third-order valence-corrected chi connectivity index (χ3v) is 5.50. The van der Waals surface area contributed by atoms with Crippen LogP contribution in [0.3, 0.4) is 0 Å². The Hall–Kier alpha value is -3.19. The van der Waals surface area contributed by atoms with Crippen LogP contribution in [0, 0.1) is 0 Å². The van der Waals surface area contributed by atoms with Gasteiger partial charge in [0.25, 0.3) is 5.91 Å². The number of hydrogen-bond donors (Lipinski definition) is 2. The molecular weight excluding hydrogens is 410 g/mol. The summed E-state index contributed by atoms with van der Waals surface area (Å²) in [4.78, 5) is 28.2. The minimum atomic E-state index is -0.652. The van der Waals surface area contributed by atoms with Crippen molar-refractivity contribution in [2.75, 3.05) is 5.32 Å². The fourth-order valence-corrected chi connectivity index (χ4v) is 3.72. The SMILES string of the molecule is CC(=O)NCc1ccc(-c2csc(NC(=O)C(C)Oc3ccccc3C(C)C)n2)cc1. The molecule has 0 saturated heterocycles. The highest BCUT2D eigenvalue weighted by Gasteiger charge is 2.18. The molecule has 2 N–H and O–H groups in total. The number of nitrogens with zero attached hydrogens (tertiary/aromatic N) is 1. The van der Waals surface area contributed by atoms with E-state index in [1.807, 2.05) is 53.9 Å². The van der Waals surface area contributed by atoms with Gasteiger partial charge in [0.05, 0.1) is 5.69 Å². The van der Waals surface area contributed by atoms with Crippen LogP contribution in [-0.2, 0) is 16.1 Å². The highest BCUT2D eigenvalue weighted by Crippen LogP contribution is 2.28. The zero-order valence-corrected chi connectivity index (χ0v) is 19.0. The molecule has 0 aliphatic rings. The maximum Gasteiger partial charge on any atom is 0.266 e. The molecule has 0 radical (unpaired) electrons. The molecule has 2 aromatic carbocycles. The van der Waals surface area contributed by atoms with Gasteiger partial charge in [-0.05, 0) is 30.0 Å². The van der Waals surface area contributed by atoms with Crippen LogP contribution >= 0.6 is 11.3 Å². The van der Waals surface area contributed by atoms with Crippen LogP contribution in [0.25, 0.3) is 11.3 Å². The van der Waals surface area contributed by atoms with Crippen LogP contribution in [0.2, 0.25) is 0 Å². The largest absolute Gasteiger partial charge is 0.481 e. The Morgan fingerprint density at radius 3 is 2.45 bits per heavy atom. The number of amides is 2. The summed E-state index contributed by atoms with van der Waals surface area (Å²) in [5, 5.41) is 8.04. The topological polar surface area (TPSA) is 80.3 Å². The Kier molecular flexibility index (Phi) is 7.41. The van der Waals surface area contributed by atoms with Crippen LogP contribution in [0.4, 0.5) is 5.13 Å². The second-order valence-electron chi connectivity index (χ2n) is 7.59. The maximum absolute atomic E-state index is 12.6. The number of thiazole rings is 1. The fraction of sp³-hybridized carbons (Fsp3) is 0.292. The van der Waals surface area contributed by atoms with Crippen molar-refractivity contribution < 1.29 is 14.3 Å². The van der Waals surface area contributed by atoms with Gasteiger partial charge in [0, 0.05) is 24.4 Å². The molecule has 1 heterocycles. The standard InChI is InChI=1S/C24H27N3O3S/c1-15(2)20-7-5-6-8-22(20)30-16(3)23(29)27-24-26-21(14-31-24)19-11-9-18(10-12-19)13-25-17(4)28/h5-12,14-16H,13H2,1-4H3,(H,25,28)(H,26,27,29). The summed E-state index contributed by atoms with van der Waals surface area (Å²) in [6.45, 7) is 7.90. The van der Waals surface area contributed by atoms with Crippen molar-refractivity contribution in [2.45, 2.75) is 46.3 Å². The monoisotopic (exact) mass is 437 g/mol. The summed E-state index contributed by atoms with van der Waals surface area (Å²) in [7, 11) is 0. The van der Waals surface area contributed by atoms with Crippen molar-refractivity contribution in [1.29, 1.82) is 0 Å². The summed E-state index contributed by atoms with van der Waals surface area (Å²) in [5.74, 6) is 0.719. The average Bonchev–Trinajstić information content (AvgIpc) is 3.21. The summed E-state index contributed by atoms with van der Waals surface area (Å²) in [5.41, 5.74) is 3.81. The number of anilines is 1. The second-order valence-corrected chi connectivity index (χ2v) is 8.44. The van der Waals surface area contributed by atoms with Gasteiger partial charge in [-0.25, -0.2) is 4.98 Å². The van der Waals surface area contributed by atoms with Gasteiger partial charge in [0.1, 0.15) is 5.75 Å². The molecule has 1 unspecified atom stereocenters. The van der Waals surface area contributed by atoms with Crippen molar-refractivity contribution in [1.82, 2.24) is 10.3 Å². The van der Waals surface area contributed by atoms with E-state index in [0.29, 0.717) is 17.6 Å². The van der Waals surface area contributed by atoms with Gasteiger partial charge in [-0.1, -0.05) is 56.3 Å². The van der Waals surface area contributed by atoms with Crippen LogP contribution in [0.1, 0.15) is 44.7 Å². The second kappa shape index (κ2) is 10.2. The molecular formula is C24H27N3O3S. The molecule has 1 atom stereocenters. The molecule has 6 nitrogen and oxygen atoms in total. The lowest BCUT2D eigenvalue weighted by atomic mass is 10.0. The molecule has 3 aromatic rings. The first-order valence-corrected chi connectivity index (χ1v) is 11.1. The average molecular weight is 438 g/mol. The van der Waals surface area contributed by atoms with E-state index in [1.54, 1.807) is 6.92 Å². The van der Waals surface area contributed by atoms with Crippen molar-refractivity contribution in [3.63, 3.8) is 0 Å². The molecule has 1 aromatic heterocycles. The molecule has 0 aliphatic heterocycles. The van der Waals surface area contributed by atoms with Gasteiger partial charge in [-0.3, -0.25) is 14.9 Å². The lowest BCUT2D eigenvalue weighted by molar-refractivity contribution is -0.122. The van der Waals surface area contributed by atoms with E-state index < -0.39 is 6.10 Å². The van der Waals surface area contributed by atoms with Crippen molar-refractivity contribution in [3.05, 3.63) is 65.0 Å². The van der Waals surface area contributed by atoms with Crippen molar-refractivity contribution >= 4 is 28.3 Å². The Morgan fingerprint density at radius 1 is 1.06 bits per heavy atom. The molecule has 0 spiro atoms. The highest BCUT2D eigenvalue weighted by molar-refractivity contribution is 7.14. The fourth-order valence-electron chi connectivity index (χ4n) is 3.00. The molecule has 31 heavy (non-hydrogen) atoms. The molecule has 0 saturated carbocycles. The van der Waals surface area contributed by atoms with Gasteiger partial charge in [0.2, 0.25) is 5.91 Å². The van der Waals surface area contributed by atoms with Gasteiger partial charge in [-0.2, -0.15) is 0 Å². The number of nitrogens with one attached hydrogen (secondary N) is 2. The molecule has 162 valence electrons. The van der Waals surface area contributed by atoms with Gasteiger partial charge >= 0.3 is 0 Å². The smallest absolute Gasteiger partial charge is 0.266 e. The van der Waals surface area contributed by atoms with E-state index in [9.17, 15) is 9.59 Å². The zero-order chi connectivity index (χ0) is 22.4. The number of carbonyl (C=O) groups excluding carboxylic acids is 2. The Labute approximate surface area is 186 Å². The normalized spacial score (nSPS) is 11.8. The van der Waals surface area contributed by atoms with E-state index in [4.69, 9.17) is 4.74 Å². The molecule has 2 amide bonds. The number of benzene rings is 2. The Balaban J connectivity index is 1.61. The quantitative estimate of drug-likeness (QED) is 0.521. The minimum Gasteiger partial charge on any atom is -0.481 e. The van der Waals surface area contributed by atoms with Gasteiger partial charge < -0.3 is 10.1 Å². The van der Waals surface area contributed by atoms with Crippen LogP contribution in [-0.4, -0.2) is 22.9 Å². The lowest BCUT2D eigenvalue weighted by Crippen LogP contribution is -2.30. The summed E-state index contributed by atoms with van der Waals surface area (Å²) < 4.78 is 5.92. The van der Waals surface area contributed by atoms with Crippen LogP contribution in [0.5, 0.6) is 5.75 Å². The minimum absolute atomic E-state index is 0.0603. The number of para-hydroxylation sites is 1. The molecule has 3 rings (SSSR count). The van der Waals surface area contributed by atoms with E-state index in [-0.39, 0.29) is 11.8 Å². The third kappa shape index (κ3) is 6.15. The first kappa shape index (κ1) is 22.5. The Bertz CT molecular complexity index is 1040. The zero-order valence-electron chi connectivity index (χ0n) is 18.1. The summed E-state index contributed by atoms with van der Waals surface area (Å²) in [6.07, 6.45) is -0.652. The maximum atomic E-state index is 12.6. The number of carbonyl (C=O) groups is 2. The van der Waals surface area contributed by atoms with Crippen molar-refractivity contribution in [2.24, 2.45) is 0 Å². The molecule has 0 aliphatic carbocycles. The first-order valence-electron chi connectivity index (χ1n) is 10.2. The lowest BCUT2D eigenvalue weighted by Gasteiger charge is -2.18. The van der Waals surface area contributed by atoms with E-state index in [0.717, 1.165) is 28.1 Å². The Morgan fingerprint density at radius 2 is 1.77 bits per heavy atom. The van der Waals surface area contributed by atoms with E-state index in [1.165, 1.54) is 18.3 Å². The van der Waals surface area contributed by atoms with Crippen LogP contribution < -0.4 is 15.4 Å². The highest BCUT2D eigenvalue weighted by atomic mass is 32.1.